The predicted octanol–water partition coefficient (Wildman–Crippen LogP) is 5.04. The van der Waals surface area contributed by atoms with Gasteiger partial charge in [-0.2, -0.15) is 0 Å². The summed E-state index contributed by atoms with van der Waals surface area (Å²) in [5, 5.41) is 4.18. The average Bonchev–Trinajstić information content (AvgIpc) is 2.68. The predicted molar refractivity (Wildman–Crippen MR) is 118 cm³/mol. The summed E-state index contributed by atoms with van der Waals surface area (Å²) in [4.78, 5) is 26.5. The summed E-state index contributed by atoms with van der Waals surface area (Å²) in [5.74, 6) is 0.481. The molecule has 0 saturated carbocycles. The summed E-state index contributed by atoms with van der Waals surface area (Å²) >= 11 is 19.9. The third-order valence-corrected chi connectivity index (χ3v) is 6.16. The van der Waals surface area contributed by atoms with Crippen molar-refractivity contribution in [3.63, 3.8) is 0 Å². The Bertz CT molecular complexity index is 810. The Labute approximate surface area is 184 Å². The lowest BCUT2D eigenvalue weighted by Gasteiger charge is -2.29. The Kier molecular flexibility index (Phi) is 8.96. The number of carbonyl (C=O) groups excluding carboxylic acids is 2. The van der Waals surface area contributed by atoms with Gasteiger partial charge in [0.1, 0.15) is 6.04 Å². The van der Waals surface area contributed by atoms with Crippen molar-refractivity contribution in [2.24, 2.45) is 0 Å². The number of hydrogen-bond donors (Lipinski definition) is 1. The molecule has 0 aliphatic heterocycles. The molecule has 150 valence electrons. The summed E-state index contributed by atoms with van der Waals surface area (Å²) in [6.45, 7) is 1.85. The molecule has 0 aliphatic carbocycles. The minimum absolute atomic E-state index is 0.160. The minimum Gasteiger partial charge on any atom is -0.357 e. The van der Waals surface area contributed by atoms with Gasteiger partial charge in [-0.05, 0) is 36.8 Å². The zero-order chi connectivity index (χ0) is 20.7. The van der Waals surface area contributed by atoms with Gasteiger partial charge in [0, 0.05) is 40.0 Å². The lowest BCUT2D eigenvalue weighted by molar-refractivity contribution is -0.138. The van der Waals surface area contributed by atoms with Gasteiger partial charge in [0.25, 0.3) is 0 Å². The highest BCUT2D eigenvalue weighted by molar-refractivity contribution is 7.99. The average molecular weight is 460 g/mol. The number of carbonyl (C=O) groups is 2. The van der Waals surface area contributed by atoms with Crippen LogP contribution in [0.3, 0.4) is 0 Å². The van der Waals surface area contributed by atoms with E-state index in [9.17, 15) is 9.59 Å². The molecule has 0 unspecified atom stereocenters. The first-order chi connectivity index (χ1) is 13.3. The van der Waals surface area contributed by atoms with E-state index in [-0.39, 0.29) is 24.1 Å². The smallest absolute Gasteiger partial charge is 0.242 e. The highest BCUT2D eigenvalue weighted by Crippen LogP contribution is 2.27. The fraction of sp³-hybridized carbons (Fsp3) is 0.300. The molecule has 2 aromatic rings. The first-order valence-corrected chi connectivity index (χ1v) is 10.9. The van der Waals surface area contributed by atoms with Crippen LogP contribution < -0.4 is 5.32 Å². The molecule has 0 heterocycles. The maximum atomic E-state index is 12.9. The third kappa shape index (κ3) is 6.31. The van der Waals surface area contributed by atoms with Crippen molar-refractivity contribution in [3.8, 4) is 0 Å². The van der Waals surface area contributed by atoms with Crippen molar-refractivity contribution in [1.82, 2.24) is 10.2 Å². The van der Waals surface area contributed by atoms with E-state index in [1.54, 1.807) is 32.2 Å². The lowest BCUT2D eigenvalue weighted by atomic mass is 10.1. The summed E-state index contributed by atoms with van der Waals surface area (Å²) in [6.07, 6.45) is 0. The van der Waals surface area contributed by atoms with Crippen LogP contribution in [0, 0.1) is 0 Å². The third-order valence-electron chi connectivity index (χ3n) is 4.21. The van der Waals surface area contributed by atoms with E-state index in [4.69, 9.17) is 34.8 Å². The van der Waals surface area contributed by atoms with E-state index in [1.165, 1.54) is 16.7 Å². The lowest BCUT2D eigenvalue weighted by Crippen LogP contribution is -2.47. The fourth-order valence-electron chi connectivity index (χ4n) is 2.56. The number of halogens is 3. The number of amides is 2. The molecule has 4 nitrogen and oxygen atoms in total. The normalized spacial score (nSPS) is 11.8. The van der Waals surface area contributed by atoms with Crippen molar-refractivity contribution >= 4 is 58.4 Å². The number of hydrogen-bond acceptors (Lipinski definition) is 3. The standard InChI is InChI=1S/C20H21Cl3N2O2S/c1-13(20(27)24-2)25(10-16-17(22)4-3-5-18(16)23)19(26)12-28-11-14-6-8-15(21)9-7-14/h3-9,13H,10-12H2,1-2H3,(H,24,27)/t13-/m0/s1. The van der Waals surface area contributed by atoms with Crippen LogP contribution in [0.4, 0.5) is 0 Å². The second kappa shape index (κ2) is 11.0. The Morgan fingerprint density at radius 3 is 2.25 bits per heavy atom. The van der Waals surface area contributed by atoms with Crippen LogP contribution in [-0.4, -0.2) is 35.6 Å². The van der Waals surface area contributed by atoms with Crippen LogP contribution in [0.15, 0.2) is 42.5 Å². The Hall–Kier alpha value is -1.40. The highest BCUT2D eigenvalue weighted by Gasteiger charge is 2.26. The molecule has 1 N–H and O–H groups in total. The van der Waals surface area contributed by atoms with Gasteiger partial charge in [-0.15, -0.1) is 11.8 Å². The van der Waals surface area contributed by atoms with Gasteiger partial charge in [-0.3, -0.25) is 9.59 Å². The largest absolute Gasteiger partial charge is 0.357 e. The molecule has 0 radical (unpaired) electrons. The van der Waals surface area contributed by atoms with Crippen LogP contribution in [0.1, 0.15) is 18.1 Å². The van der Waals surface area contributed by atoms with E-state index in [1.807, 2.05) is 24.3 Å². The van der Waals surface area contributed by atoms with Crippen LogP contribution in [0.5, 0.6) is 0 Å². The Morgan fingerprint density at radius 1 is 1.07 bits per heavy atom. The topological polar surface area (TPSA) is 49.4 Å². The van der Waals surface area contributed by atoms with E-state index in [0.717, 1.165) is 5.56 Å². The van der Waals surface area contributed by atoms with E-state index in [0.29, 0.717) is 26.4 Å². The molecule has 2 amide bonds. The molecule has 1 atom stereocenters. The SMILES string of the molecule is CNC(=O)[C@H](C)N(Cc1c(Cl)cccc1Cl)C(=O)CSCc1ccc(Cl)cc1. The van der Waals surface area contributed by atoms with Gasteiger partial charge in [-0.1, -0.05) is 53.0 Å². The quantitative estimate of drug-likeness (QED) is 0.601. The summed E-state index contributed by atoms with van der Waals surface area (Å²) in [5.41, 5.74) is 1.69. The van der Waals surface area contributed by atoms with Gasteiger partial charge in [0.05, 0.1) is 5.75 Å². The second-order valence-electron chi connectivity index (χ2n) is 6.13. The summed E-state index contributed by atoms with van der Waals surface area (Å²) < 4.78 is 0. The molecule has 2 rings (SSSR count). The molecule has 0 bridgehead atoms. The number of thioether (sulfide) groups is 1. The van der Waals surface area contributed by atoms with Crippen molar-refractivity contribution < 1.29 is 9.59 Å². The molecule has 0 aromatic heterocycles. The molecule has 2 aromatic carbocycles. The zero-order valence-corrected chi connectivity index (χ0v) is 18.6. The van der Waals surface area contributed by atoms with Crippen LogP contribution in [0.2, 0.25) is 15.1 Å². The molecule has 0 spiro atoms. The Balaban J connectivity index is 2.10. The molecule has 0 fully saturated rings. The van der Waals surface area contributed by atoms with Crippen LogP contribution >= 0.6 is 46.6 Å². The van der Waals surface area contributed by atoms with Gasteiger partial charge < -0.3 is 10.2 Å². The molecular weight excluding hydrogens is 439 g/mol. The number of nitrogens with zero attached hydrogens (tertiary/aromatic N) is 1. The molecule has 0 saturated heterocycles. The highest BCUT2D eigenvalue weighted by atomic mass is 35.5. The second-order valence-corrected chi connectivity index (χ2v) is 8.37. The number of nitrogens with one attached hydrogen (secondary N) is 1. The first-order valence-electron chi connectivity index (χ1n) is 8.59. The number of likely N-dealkylation sites (N-methyl/N-ethyl adjacent to an activating group) is 1. The minimum atomic E-state index is -0.652. The molecular formula is C20H21Cl3N2O2S. The van der Waals surface area contributed by atoms with Gasteiger partial charge in [0.15, 0.2) is 0 Å². The zero-order valence-electron chi connectivity index (χ0n) is 15.5. The molecule has 0 aliphatic rings. The van der Waals surface area contributed by atoms with Crippen molar-refractivity contribution in [2.75, 3.05) is 12.8 Å². The van der Waals surface area contributed by atoms with E-state index >= 15 is 0 Å². The number of rotatable bonds is 8. The fourth-order valence-corrected chi connectivity index (χ4v) is 4.08. The van der Waals surface area contributed by atoms with Crippen molar-refractivity contribution in [3.05, 3.63) is 68.7 Å². The monoisotopic (exact) mass is 458 g/mol. The number of benzene rings is 2. The molecule has 28 heavy (non-hydrogen) atoms. The van der Waals surface area contributed by atoms with Crippen molar-refractivity contribution in [1.29, 1.82) is 0 Å². The maximum absolute atomic E-state index is 12.9. The van der Waals surface area contributed by atoms with E-state index in [2.05, 4.69) is 5.32 Å². The van der Waals surface area contributed by atoms with E-state index < -0.39 is 6.04 Å². The summed E-state index contributed by atoms with van der Waals surface area (Å²) in [7, 11) is 1.54. The first kappa shape index (κ1) is 22.9. The van der Waals surface area contributed by atoms with Gasteiger partial charge >= 0.3 is 0 Å². The summed E-state index contributed by atoms with van der Waals surface area (Å²) in [6, 6.07) is 12.0. The Morgan fingerprint density at radius 2 is 1.68 bits per heavy atom. The van der Waals surface area contributed by atoms with Crippen LogP contribution in [0.25, 0.3) is 0 Å². The van der Waals surface area contributed by atoms with Crippen LogP contribution in [-0.2, 0) is 21.9 Å². The maximum Gasteiger partial charge on any atom is 0.242 e. The molecule has 8 heteroatoms. The van der Waals surface area contributed by atoms with Crippen molar-refractivity contribution in [2.45, 2.75) is 25.3 Å². The van der Waals surface area contributed by atoms with Gasteiger partial charge in [-0.25, -0.2) is 0 Å². The van der Waals surface area contributed by atoms with Gasteiger partial charge in [0.2, 0.25) is 11.8 Å².